The Balaban J connectivity index is 2.50. The molecule has 0 fully saturated rings. The van der Waals surface area contributed by atoms with Gasteiger partial charge in [0, 0.05) is 20.1 Å². The fourth-order valence-electron chi connectivity index (χ4n) is 0.791. The average molecular weight is 156 g/mol. The molecule has 2 N–H and O–H groups in total. The van der Waals surface area contributed by atoms with Gasteiger partial charge in [-0.1, -0.05) is 0 Å². The number of hydrogen-bond acceptors (Lipinski definition) is 3. The third-order valence-electron chi connectivity index (χ3n) is 1.35. The molecule has 1 rings (SSSR count). The lowest BCUT2D eigenvalue weighted by molar-refractivity contribution is 0.894. The first-order valence-electron chi connectivity index (χ1n) is 3.29. The van der Waals surface area contributed by atoms with Crippen LogP contribution in [0.5, 0.6) is 0 Å². The van der Waals surface area contributed by atoms with Crippen molar-refractivity contribution < 1.29 is 0 Å². The Bertz CT molecular complexity index is 172. The minimum Gasteiger partial charge on any atom is -0.365 e. The Labute approximate surface area is 65.3 Å². The summed E-state index contributed by atoms with van der Waals surface area (Å²) in [6.45, 7) is 1.65. The third kappa shape index (κ3) is 1.72. The largest absolute Gasteiger partial charge is 0.365 e. The molecule has 0 aliphatic rings. The fourth-order valence-corrected chi connectivity index (χ4v) is 1.52. The molecule has 0 bridgehead atoms. The standard InChI is InChI=1S/C7H12N2S/c1-9(5-4-8)7-3-2-6-10-7/h2-3,6H,4-5,8H2,1H3. The van der Waals surface area contributed by atoms with Crippen LogP contribution in [0.3, 0.4) is 0 Å². The Kier molecular flexibility index (Phi) is 2.71. The summed E-state index contributed by atoms with van der Waals surface area (Å²) < 4.78 is 0. The molecule has 1 aromatic heterocycles. The van der Waals surface area contributed by atoms with Crippen LogP contribution in [0.2, 0.25) is 0 Å². The molecule has 0 unspecified atom stereocenters. The summed E-state index contributed by atoms with van der Waals surface area (Å²) in [5.41, 5.74) is 5.40. The highest BCUT2D eigenvalue weighted by atomic mass is 32.1. The molecule has 0 saturated carbocycles. The number of hydrogen-bond donors (Lipinski definition) is 1. The maximum atomic E-state index is 5.40. The first kappa shape index (κ1) is 7.57. The summed E-state index contributed by atoms with van der Waals surface area (Å²) >= 11 is 1.74. The van der Waals surface area contributed by atoms with Crippen LogP contribution in [0.25, 0.3) is 0 Å². The second-order valence-corrected chi connectivity index (χ2v) is 3.09. The van der Waals surface area contributed by atoms with Crippen LogP contribution in [0.15, 0.2) is 17.5 Å². The molecule has 56 valence electrons. The molecule has 0 spiro atoms. The quantitative estimate of drug-likeness (QED) is 0.711. The van der Waals surface area contributed by atoms with Crippen molar-refractivity contribution in [2.75, 3.05) is 25.0 Å². The van der Waals surface area contributed by atoms with Crippen molar-refractivity contribution >= 4 is 16.3 Å². The zero-order chi connectivity index (χ0) is 7.40. The second-order valence-electron chi connectivity index (χ2n) is 2.16. The number of rotatable bonds is 3. The van der Waals surface area contributed by atoms with Crippen LogP contribution in [0.4, 0.5) is 5.00 Å². The van der Waals surface area contributed by atoms with Gasteiger partial charge in [-0.3, -0.25) is 0 Å². The van der Waals surface area contributed by atoms with E-state index in [0.717, 1.165) is 6.54 Å². The zero-order valence-electron chi connectivity index (χ0n) is 6.08. The monoisotopic (exact) mass is 156 g/mol. The predicted molar refractivity (Wildman–Crippen MR) is 46.6 cm³/mol. The van der Waals surface area contributed by atoms with E-state index in [1.54, 1.807) is 11.3 Å². The van der Waals surface area contributed by atoms with Gasteiger partial charge in [0.25, 0.3) is 0 Å². The van der Waals surface area contributed by atoms with E-state index in [1.165, 1.54) is 5.00 Å². The van der Waals surface area contributed by atoms with Crippen molar-refractivity contribution in [3.8, 4) is 0 Å². The van der Waals surface area contributed by atoms with Crippen molar-refractivity contribution in [2.24, 2.45) is 5.73 Å². The minimum absolute atomic E-state index is 0.717. The summed E-state index contributed by atoms with van der Waals surface area (Å²) in [5, 5.41) is 3.35. The molecule has 0 aliphatic heterocycles. The van der Waals surface area contributed by atoms with E-state index in [9.17, 15) is 0 Å². The van der Waals surface area contributed by atoms with E-state index in [-0.39, 0.29) is 0 Å². The summed E-state index contributed by atoms with van der Waals surface area (Å²) in [4.78, 5) is 2.16. The first-order chi connectivity index (χ1) is 4.84. The summed E-state index contributed by atoms with van der Waals surface area (Å²) in [6, 6.07) is 4.15. The summed E-state index contributed by atoms with van der Waals surface area (Å²) in [6.07, 6.45) is 0. The van der Waals surface area contributed by atoms with Crippen LogP contribution in [0.1, 0.15) is 0 Å². The number of nitrogens with zero attached hydrogens (tertiary/aromatic N) is 1. The molecule has 3 heteroatoms. The summed E-state index contributed by atoms with van der Waals surface area (Å²) in [5.74, 6) is 0. The zero-order valence-corrected chi connectivity index (χ0v) is 6.90. The molecule has 0 atom stereocenters. The van der Waals surface area contributed by atoms with E-state index in [4.69, 9.17) is 5.73 Å². The van der Waals surface area contributed by atoms with Gasteiger partial charge < -0.3 is 10.6 Å². The SMILES string of the molecule is CN(CCN)c1cccs1. The topological polar surface area (TPSA) is 29.3 Å². The third-order valence-corrected chi connectivity index (χ3v) is 2.33. The molecule has 0 radical (unpaired) electrons. The number of thiophene rings is 1. The highest BCUT2D eigenvalue weighted by molar-refractivity contribution is 7.14. The van der Waals surface area contributed by atoms with Gasteiger partial charge in [-0.2, -0.15) is 0 Å². The van der Waals surface area contributed by atoms with Crippen LogP contribution in [-0.2, 0) is 0 Å². The molecule has 1 heterocycles. The molecular weight excluding hydrogens is 144 g/mol. The van der Waals surface area contributed by atoms with Crippen LogP contribution >= 0.6 is 11.3 Å². The highest BCUT2D eigenvalue weighted by Gasteiger charge is 1.97. The average Bonchev–Trinajstić information content (AvgIpc) is 2.38. The van der Waals surface area contributed by atoms with Gasteiger partial charge in [-0.15, -0.1) is 11.3 Å². The molecule has 2 nitrogen and oxygen atoms in total. The van der Waals surface area contributed by atoms with E-state index >= 15 is 0 Å². The smallest absolute Gasteiger partial charge is 0.0906 e. The number of anilines is 1. The van der Waals surface area contributed by atoms with Crippen LogP contribution < -0.4 is 10.6 Å². The summed E-state index contributed by atoms with van der Waals surface area (Å²) in [7, 11) is 2.05. The maximum absolute atomic E-state index is 5.40. The van der Waals surface area contributed by atoms with Crippen molar-refractivity contribution in [1.82, 2.24) is 0 Å². The molecular formula is C7H12N2S. The molecule has 0 aliphatic carbocycles. The van der Waals surface area contributed by atoms with Gasteiger partial charge >= 0.3 is 0 Å². The lowest BCUT2D eigenvalue weighted by Gasteiger charge is -2.14. The van der Waals surface area contributed by atoms with Crippen molar-refractivity contribution in [2.45, 2.75) is 0 Å². The second kappa shape index (κ2) is 3.58. The van der Waals surface area contributed by atoms with Crippen LogP contribution in [-0.4, -0.2) is 20.1 Å². The lowest BCUT2D eigenvalue weighted by Crippen LogP contribution is -2.23. The van der Waals surface area contributed by atoms with E-state index in [1.807, 2.05) is 6.07 Å². The molecule has 10 heavy (non-hydrogen) atoms. The molecule has 0 aromatic carbocycles. The van der Waals surface area contributed by atoms with E-state index in [0.29, 0.717) is 6.54 Å². The lowest BCUT2D eigenvalue weighted by atomic mass is 10.5. The molecule has 0 saturated heterocycles. The first-order valence-corrected chi connectivity index (χ1v) is 4.17. The normalized spacial score (nSPS) is 9.80. The number of likely N-dealkylation sites (N-methyl/N-ethyl adjacent to an activating group) is 1. The van der Waals surface area contributed by atoms with Gasteiger partial charge in [0.05, 0.1) is 5.00 Å². The predicted octanol–water partition coefficient (Wildman–Crippen LogP) is 1.14. The Morgan fingerprint density at radius 3 is 3.00 bits per heavy atom. The van der Waals surface area contributed by atoms with Crippen molar-refractivity contribution in [3.63, 3.8) is 0 Å². The van der Waals surface area contributed by atoms with Gasteiger partial charge in [-0.05, 0) is 17.5 Å². The van der Waals surface area contributed by atoms with Gasteiger partial charge in [-0.25, -0.2) is 0 Å². The van der Waals surface area contributed by atoms with Gasteiger partial charge in [0.2, 0.25) is 0 Å². The molecule has 0 amide bonds. The van der Waals surface area contributed by atoms with Crippen molar-refractivity contribution in [1.29, 1.82) is 0 Å². The van der Waals surface area contributed by atoms with Crippen LogP contribution in [0, 0.1) is 0 Å². The molecule has 1 aromatic rings. The van der Waals surface area contributed by atoms with Crippen molar-refractivity contribution in [3.05, 3.63) is 17.5 Å². The fraction of sp³-hybridized carbons (Fsp3) is 0.429. The highest BCUT2D eigenvalue weighted by Crippen LogP contribution is 2.18. The Morgan fingerprint density at radius 2 is 2.50 bits per heavy atom. The Morgan fingerprint density at radius 1 is 1.70 bits per heavy atom. The van der Waals surface area contributed by atoms with Gasteiger partial charge in [0.15, 0.2) is 0 Å². The Hall–Kier alpha value is -0.540. The number of nitrogens with two attached hydrogens (primary N) is 1. The van der Waals surface area contributed by atoms with Gasteiger partial charge in [0.1, 0.15) is 0 Å². The minimum atomic E-state index is 0.717. The maximum Gasteiger partial charge on any atom is 0.0906 e. The van der Waals surface area contributed by atoms with E-state index < -0.39 is 0 Å². The van der Waals surface area contributed by atoms with E-state index in [2.05, 4.69) is 23.4 Å².